The summed E-state index contributed by atoms with van der Waals surface area (Å²) in [5, 5.41) is 4.12. The van der Waals surface area contributed by atoms with Crippen molar-refractivity contribution < 1.29 is 9.21 Å². The summed E-state index contributed by atoms with van der Waals surface area (Å²) in [7, 11) is 0. The minimum Gasteiger partial charge on any atom is -0.460 e. The second-order valence-electron chi connectivity index (χ2n) is 8.92. The van der Waals surface area contributed by atoms with E-state index >= 15 is 0 Å². The van der Waals surface area contributed by atoms with Crippen LogP contribution in [0, 0.1) is 10.2 Å². The van der Waals surface area contributed by atoms with Crippen molar-refractivity contribution in [2.75, 3.05) is 5.32 Å². The van der Waals surface area contributed by atoms with Crippen LogP contribution in [0.3, 0.4) is 0 Å². The van der Waals surface area contributed by atoms with E-state index in [0.29, 0.717) is 51.4 Å². The number of aromatic amines is 2. The Morgan fingerprint density at radius 2 is 1.84 bits per heavy atom. The van der Waals surface area contributed by atoms with Crippen molar-refractivity contribution in [3.05, 3.63) is 78.1 Å². The molecular formula is C23H19Cl2N3O3S. The van der Waals surface area contributed by atoms with E-state index in [4.69, 9.17) is 39.8 Å². The molecule has 9 heteroatoms. The van der Waals surface area contributed by atoms with Gasteiger partial charge in [-0.1, -0.05) is 37.0 Å². The molecule has 1 aliphatic heterocycles. The van der Waals surface area contributed by atoms with Crippen LogP contribution >= 0.6 is 35.4 Å². The van der Waals surface area contributed by atoms with Gasteiger partial charge in [-0.15, -0.1) is 0 Å². The lowest BCUT2D eigenvalue weighted by Gasteiger charge is -2.38. The highest BCUT2D eigenvalue weighted by Gasteiger charge is 2.43. The zero-order chi connectivity index (χ0) is 22.8. The smallest absolute Gasteiger partial charge is 0.258 e. The van der Waals surface area contributed by atoms with Crippen LogP contribution in [0.2, 0.25) is 10.0 Å². The zero-order valence-electron chi connectivity index (χ0n) is 17.3. The molecule has 164 valence electrons. The van der Waals surface area contributed by atoms with Gasteiger partial charge in [0, 0.05) is 23.3 Å². The maximum atomic E-state index is 13.3. The quantitative estimate of drug-likeness (QED) is 0.374. The van der Waals surface area contributed by atoms with E-state index in [1.807, 2.05) is 0 Å². The first-order chi connectivity index (χ1) is 15.1. The highest BCUT2D eigenvalue weighted by Crippen LogP contribution is 2.48. The van der Waals surface area contributed by atoms with Crippen molar-refractivity contribution in [2.45, 2.75) is 32.6 Å². The number of fused-ring (bicyclic) bond motifs is 1. The number of carbonyl (C=O) groups is 1. The Hall–Kier alpha value is -2.61. The van der Waals surface area contributed by atoms with Gasteiger partial charge < -0.3 is 14.7 Å². The summed E-state index contributed by atoms with van der Waals surface area (Å²) < 4.78 is 6.40. The van der Waals surface area contributed by atoms with Crippen molar-refractivity contribution in [2.24, 2.45) is 5.41 Å². The van der Waals surface area contributed by atoms with Gasteiger partial charge in [-0.2, -0.15) is 0 Å². The van der Waals surface area contributed by atoms with Crippen LogP contribution in [-0.4, -0.2) is 15.8 Å². The van der Waals surface area contributed by atoms with Crippen LogP contribution in [0.1, 0.15) is 43.9 Å². The number of ketones is 1. The van der Waals surface area contributed by atoms with E-state index in [-0.39, 0.29) is 21.5 Å². The molecule has 0 bridgehead atoms. The standard InChI is InChI=1S/C23H19Cl2N3O3S/c1-23(2)8-13-17(14(29)9-23)18(19-20(26-13)27-22(32)28-21(19)30)16-6-5-15(31-16)10-3-4-11(24)12(25)7-10/h3-7,18H,8-9H2,1-2H3,(H3,26,27,28,30,32)/t18-/m1/s1. The number of carbonyl (C=O) groups excluding carboxylic acids is 1. The molecule has 1 aromatic carbocycles. The third-order valence-corrected chi connectivity index (χ3v) is 6.81. The number of hydrogen-bond donors (Lipinski definition) is 3. The van der Waals surface area contributed by atoms with Crippen molar-refractivity contribution in [1.82, 2.24) is 9.97 Å². The topological polar surface area (TPSA) is 90.9 Å². The van der Waals surface area contributed by atoms with E-state index in [1.165, 1.54) is 0 Å². The molecular weight excluding hydrogens is 469 g/mol. The first-order valence-corrected chi connectivity index (χ1v) is 11.2. The number of anilines is 1. The summed E-state index contributed by atoms with van der Waals surface area (Å²) in [4.78, 5) is 31.9. The molecule has 0 amide bonds. The van der Waals surface area contributed by atoms with E-state index in [1.54, 1.807) is 30.3 Å². The highest BCUT2D eigenvalue weighted by molar-refractivity contribution is 7.71. The average molecular weight is 488 g/mol. The minimum atomic E-state index is -0.656. The van der Waals surface area contributed by atoms with Crippen molar-refractivity contribution in [1.29, 1.82) is 0 Å². The maximum Gasteiger partial charge on any atom is 0.258 e. The number of hydrogen-bond acceptors (Lipinski definition) is 5. The Morgan fingerprint density at radius 1 is 1.06 bits per heavy atom. The van der Waals surface area contributed by atoms with Crippen LogP contribution in [-0.2, 0) is 4.79 Å². The molecule has 1 aliphatic carbocycles. The monoisotopic (exact) mass is 487 g/mol. The zero-order valence-corrected chi connectivity index (χ0v) is 19.6. The van der Waals surface area contributed by atoms with Gasteiger partial charge in [0.2, 0.25) is 0 Å². The van der Waals surface area contributed by atoms with E-state index < -0.39 is 5.92 Å². The van der Waals surface area contributed by atoms with Crippen LogP contribution < -0.4 is 10.9 Å². The summed E-state index contributed by atoms with van der Waals surface area (Å²) in [6, 6.07) is 8.80. The third-order valence-electron chi connectivity index (χ3n) is 5.87. The van der Waals surface area contributed by atoms with E-state index in [2.05, 4.69) is 29.1 Å². The van der Waals surface area contributed by atoms with Gasteiger partial charge in [0.05, 0.1) is 21.5 Å². The molecule has 0 fully saturated rings. The maximum absolute atomic E-state index is 13.3. The molecule has 0 unspecified atom stereocenters. The van der Waals surface area contributed by atoms with Crippen molar-refractivity contribution in [3.8, 4) is 11.3 Å². The highest BCUT2D eigenvalue weighted by atomic mass is 35.5. The van der Waals surface area contributed by atoms with Gasteiger partial charge in [0.1, 0.15) is 17.3 Å². The molecule has 3 N–H and O–H groups in total. The number of nitrogens with one attached hydrogen (secondary N) is 3. The SMILES string of the molecule is CC1(C)CC(=O)C2=C(C1)Nc1[nH]c(=S)[nH]c(=O)c1[C@@H]2c1ccc(-c2ccc(Cl)c(Cl)c2)o1. The fourth-order valence-corrected chi connectivity index (χ4v) is 5.04. The second kappa shape index (κ2) is 7.47. The summed E-state index contributed by atoms with van der Waals surface area (Å²) >= 11 is 17.4. The molecule has 0 saturated heterocycles. The Labute approximate surface area is 198 Å². The molecule has 2 aromatic heterocycles. The lowest BCUT2D eigenvalue weighted by molar-refractivity contribution is -0.118. The molecule has 0 saturated carbocycles. The van der Waals surface area contributed by atoms with Crippen LogP contribution in [0.25, 0.3) is 11.3 Å². The fraction of sp³-hybridized carbons (Fsp3) is 0.261. The fourth-order valence-electron chi connectivity index (χ4n) is 4.54. The largest absolute Gasteiger partial charge is 0.460 e. The number of halogens is 2. The average Bonchev–Trinajstić information content (AvgIpc) is 3.17. The van der Waals surface area contributed by atoms with Gasteiger partial charge in [-0.3, -0.25) is 14.6 Å². The number of aromatic nitrogens is 2. The van der Waals surface area contributed by atoms with Gasteiger partial charge in [0.25, 0.3) is 5.56 Å². The molecule has 0 radical (unpaired) electrons. The minimum absolute atomic E-state index is 0.00580. The molecule has 0 spiro atoms. The summed E-state index contributed by atoms with van der Waals surface area (Å²) in [5.41, 5.74) is 1.90. The lowest BCUT2D eigenvalue weighted by atomic mass is 9.70. The third kappa shape index (κ3) is 3.54. The normalized spacial score (nSPS) is 19.4. The summed E-state index contributed by atoms with van der Waals surface area (Å²) in [6.45, 7) is 4.10. The molecule has 3 heterocycles. The van der Waals surface area contributed by atoms with Crippen LogP contribution in [0.15, 0.2) is 50.8 Å². The molecule has 1 atom stereocenters. The number of rotatable bonds is 2. The van der Waals surface area contributed by atoms with Gasteiger partial charge in [0.15, 0.2) is 10.6 Å². The second-order valence-corrected chi connectivity index (χ2v) is 10.1. The number of benzene rings is 1. The van der Waals surface area contributed by atoms with Crippen molar-refractivity contribution >= 4 is 47.0 Å². The number of allylic oxidation sites excluding steroid dienone is 2. The Kier molecular flexibility index (Phi) is 4.96. The summed E-state index contributed by atoms with van der Waals surface area (Å²) in [5.74, 6) is 0.876. The number of H-pyrrole nitrogens is 2. The molecule has 6 nitrogen and oxygen atoms in total. The molecule has 5 rings (SSSR count). The molecule has 2 aliphatic rings. The van der Waals surface area contributed by atoms with E-state index in [9.17, 15) is 9.59 Å². The number of furan rings is 1. The first-order valence-electron chi connectivity index (χ1n) is 10.1. The predicted molar refractivity (Wildman–Crippen MR) is 127 cm³/mol. The molecule has 3 aromatic rings. The number of Topliss-reactive ketones (excluding diaryl/α,β-unsaturated/α-hetero) is 1. The van der Waals surface area contributed by atoms with Gasteiger partial charge in [-0.05, 0) is 54.4 Å². The van der Waals surface area contributed by atoms with Crippen LogP contribution in [0.4, 0.5) is 5.82 Å². The van der Waals surface area contributed by atoms with Gasteiger partial charge in [-0.25, -0.2) is 0 Å². The molecule has 32 heavy (non-hydrogen) atoms. The van der Waals surface area contributed by atoms with E-state index in [0.717, 1.165) is 11.3 Å². The summed E-state index contributed by atoms with van der Waals surface area (Å²) in [6.07, 6.45) is 1.05. The Bertz CT molecular complexity index is 1430. The Morgan fingerprint density at radius 3 is 2.59 bits per heavy atom. The lowest BCUT2D eigenvalue weighted by Crippen LogP contribution is -2.36. The predicted octanol–water partition coefficient (Wildman–Crippen LogP) is 6.20. The van der Waals surface area contributed by atoms with Crippen molar-refractivity contribution in [3.63, 3.8) is 0 Å². The first kappa shape index (κ1) is 21.2. The van der Waals surface area contributed by atoms with Crippen LogP contribution in [0.5, 0.6) is 0 Å². The van der Waals surface area contributed by atoms with Gasteiger partial charge >= 0.3 is 0 Å². The Balaban J connectivity index is 1.70.